The smallest absolute Gasteiger partial charge is 0.246 e. The van der Waals surface area contributed by atoms with Gasteiger partial charge in [0.1, 0.15) is 12.4 Å². The fourth-order valence-electron chi connectivity index (χ4n) is 4.66. The van der Waals surface area contributed by atoms with Crippen molar-refractivity contribution in [2.24, 2.45) is 0 Å². The molecule has 4 rings (SSSR count). The summed E-state index contributed by atoms with van der Waals surface area (Å²) in [6.45, 7) is 6.15. The van der Waals surface area contributed by atoms with Crippen LogP contribution in [0.25, 0.3) is 6.08 Å². The van der Waals surface area contributed by atoms with Gasteiger partial charge in [0.05, 0.1) is 0 Å². The minimum atomic E-state index is 0.0166. The molecule has 1 atom stereocenters. The molecule has 2 aromatic carbocycles. The molecular weight excluding hydrogens is 476 g/mol. The molecule has 0 aliphatic carbocycles. The maximum atomic E-state index is 12.5. The standard InChI is InChI=1S/C28H35ClN4O3/c1-31(21-24-10-11-27(34)30-24)20-22-5-4-7-25(19-22)36-18-17-32-13-15-33(16-14-32)28(35)12-9-23-6-2-3-8-26(23)29/h2-9,12,19,24H,10-11,13-18,20-21H2,1H3,(H,30,34)/b12-9+. The highest BCUT2D eigenvalue weighted by Gasteiger charge is 2.22. The van der Waals surface area contributed by atoms with E-state index in [1.807, 2.05) is 41.3 Å². The number of nitrogens with one attached hydrogen (secondary N) is 1. The van der Waals surface area contributed by atoms with E-state index in [4.69, 9.17) is 16.3 Å². The number of amides is 2. The Morgan fingerprint density at radius 1 is 1.17 bits per heavy atom. The van der Waals surface area contributed by atoms with Gasteiger partial charge in [-0.15, -0.1) is 0 Å². The minimum Gasteiger partial charge on any atom is -0.492 e. The molecule has 2 saturated heterocycles. The molecule has 0 bridgehead atoms. The summed E-state index contributed by atoms with van der Waals surface area (Å²) in [5.74, 6) is 1.04. The number of carbonyl (C=O) groups is 2. The molecule has 2 fully saturated rings. The van der Waals surface area contributed by atoms with Crippen LogP contribution in [0.4, 0.5) is 0 Å². The van der Waals surface area contributed by atoms with Gasteiger partial charge < -0.3 is 19.9 Å². The van der Waals surface area contributed by atoms with E-state index in [0.29, 0.717) is 31.1 Å². The van der Waals surface area contributed by atoms with Gasteiger partial charge in [0.2, 0.25) is 11.8 Å². The van der Waals surface area contributed by atoms with E-state index in [2.05, 4.69) is 34.3 Å². The van der Waals surface area contributed by atoms with Gasteiger partial charge in [-0.2, -0.15) is 0 Å². The Bertz CT molecular complexity index is 1070. The molecule has 2 aliphatic rings. The lowest BCUT2D eigenvalue weighted by Gasteiger charge is -2.34. The van der Waals surface area contributed by atoms with Crippen molar-refractivity contribution < 1.29 is 14.3 Å². The highest BCUT2D eigenvalue weighted by atomic mass is 35.5. The molecule has 192 valence electrons. The number of hydrogen-bond donors (Lipinski definition) is 1. The van der Waals surface area contributed by atoms with Crippen molar-refractivity contribution in [2.75, 3.05) is 52.9 Å². The van der Waals surface area contributed by atoms with Gasteiger partial charge in [-0.1, -0.05) is 41.9 Å². The Balaban J connectivity index is 1.15. The molecule has 0 radical (unpaired) electrons. The van der Waals surface area contributed by atoms with Gasteiger partial charge in [0.25, 0.3) is 0 Å². The number of halogens is 1. The van der Waals surface area contributed by atoms with Crippen LogP contribution in [-0.4, -0.2) is 85.5 Å². The molecule has 7 nitrogen and oxygen atoms in total. The number of benzene rings is 2. The number of hydrogen-bond acceptors (Lipinski definition) is 5. The number of ether oxygens (including phenoxy) is 1. The van der Waals surface area contributed by atoms with E-state index in [0.717, 1.165) is 50.5 Å². The minimum absolute atomic E-state index is 0.0166. The Morgan fingerprint density at radius 2 is 1.97 bits per heavy atom. The molecule has 1 unspecified atom stereocenters. The van der Waals surface area contributed by atoms with Crippen LogP contribution in [0.1, 0.15) is 24.0 Å². The molecule has 0 saturated carbocycles. The Morgan fingerprint density at radius 3 is 2.72 bits per heavy atom. The second-order valence-corrected chi connectivity index (χ2v) is 9.92. The first-order valence-electron chi connectivity index (χ1n) is 12.6. The van der Waals surface area contributed by atoms with Crippen LogP contribution in [0.3, 0.4) is 0 Å². The third kappa shape index (κ3) is 7.82. The summed E-state index contributed by atoms with van der Waals surface area (Å²) in [5, 5.41) is 3.67. The van der Waals surface area contributed by atoms with Gasteiger partial charge in [-0.25, -0.2) is 0 Å². The van der Waals surface area contributed by atoms with Crippen molar-refractivity contribution in [1.29, 1.82) is 0 Å². The number of carbonyl (C=O) groups excluding carboxylic acids is 2. The molecular formula is C28H35ClN4O3. The number of likely N-dealkylation sites (N-methyl/N-ethyl adjacent to an activating group) is 1. The van der Waals surface area contributed by atoms with Crippen LogP contribution < -0.4 is 10.1 Å². The van der Waals surface area contributed by atoms with Crippen LogP contribution in [-0.2, 0) is 16.1 Å². The third-order valence-corrected chi connectivity index (χ3v) is 6.98. The van der Waals surface area contributed by atoms with Crippen molar-refractivity contribution in [3.63, 3.8) is 0 Å². The van der Waals surface area contributed by atoms with Gasteiger partial charge in [0.15, 0.2) is 0 Å². The first-order valence-corrected chi connectivity index (χ1v) is 13.0. The van der Waals surface area contributed by atoms with Crippen LogP contribution in [0.15, 0.2) is 54.6 Å². The molecule has 1 N–H and O–H groups in total. The monoisotopic (exact) mass is 510 g/mol. The predicted molar refractivity (Wildman–Crippen MR) is 143 cm³/mol. The SMILES string of the molecule is CN(Cc1cccc(OCCN2CCN(C(=O)/C=C/c3ccccc3Cl)CC2)c1)CC1CCC(=O)N1. The highest BCUT2D eigenvalue weighted by Crippen LogP contribution is 2.18. The normalized spacial score (nSPS) is 18.7. The number of rotatable bonds is 10. The van der Waals surface area contributed by atoms with E-state index in [-0.39, 0.29) is 17.9 Å². The molecule has 36 heavy (non-hydrogen) atoms. The molecule has 0 aromatic heterocycles. The van der Waals surface area contributed by atoms with Gasteiger partial charge >= 0.3 is 0 Å². The second kappa shape index (κ2) is 12.9. The molecule has 2 aliphatic heterocycles. The summed E-state index contributed by atoms with van der Waals surface area (Å²) >= 11 is 6.16. The van der Waals surface area contributed by atoms with Crippen molar-refractivity contribution >= 4 is 29.5 Å². The largest absolute Gasteiger partial charge is 0.492 e. The molecule has 2 amide bonds. The summed E-state index contributed by atoms with van der Waals surface area (Å²) in [5.41, 5.74) is 2.04. The average molecular weight is 511 g/mol. The molecule has 8 heteroatoms. The van der Waals surface area contributed by atoms with Crippen LogP contribution in [0, 0.1) is 0 Å². The first-order chi connectivity index (χ1) is 17.5. The fourth-order valence-corrected chi connectivity index (χ4v) is 4.86. The molecule has 2 aromatic rings. The van der Waals surface area contributed by atoms with Crippen molar-refractivity contribution in [2.45, 2.75) is 25.4 Å². The lowest BCUT2D eigenvalue weighted by atomic mass is 10.1. The molecule has 2 heterocycles. The quantitative estimate of drug-likeness (QED) is 0.497. The highest BCUT2D eigenvalue weighted by molar-refractivity contribution is 6.32. The first kappa shape index (κ1) is 26.2. The summed E-state index contributed by atoms with van der Waals surface area (Å²) in [6, 6.07) is 16.0. The molecule has 0 spiro atoms. The predicted octanol–water partition coefficient (Wildman–Crippen LogP) is 3.29. The van der Waals surface area contributed by atoms with E-state index in [9.17, 15) is 9.59 Å². The topological polar surface area (TPSA) is 65.1 Å². The summed E-state index contributed by atoms with van der Waals surface area (Å²) in [4.78, 5) is 30.4. The Kier molecular flexibility index (Phi) is 9.39. The summed E-state index contributed by atoms with van der Waals surface area (Å²) in [7, 11) is 2.08. The maximum absolute atomic E-state index is 12.5. The zero-order valence-electron chi connectivity index (χ0n) is 20.9. The number of nitrogens with zero attached hydrogens (tertiary/aromatic N) is 3. The van der Waals surface area contributed by atoms with Crippen molar-refractivity contribution in [3.8, 4) is 5.75 Å². The lowest BCUT2D eigenvalue weighted by Crippen LogP contribution is -2.49. The zero-order chi connectivity index (χ0) is 25.3. The van der Waals surface area contributed by atoms with Crippen molar-refractivity contribution in [1.82, 2.24) is 20.0 Å². The van der Waals surface area contributed by atoms with E-state index in [1.54, 1.807) is 12.2 Å². The number of piperazine rings is 1. The second-order valence-electron chi connectivity index (χ2n) is 9.52. The van der Waals surface area contributed by atoms with Crippen LogP contribution in [0.2, 0.25) is 5.02 Å². The van der Waals surface area contributed by atoms with E-state index < -0.39 is 0 Å². The fraction of sp³-hybridized carbons (Fsp3) is 0.429. The summed E-state index contributed by atoms with van der Waals surface area (Å²) in [6.07, 6.45) is 4.93. The summed E-state index contributed by atoms with van der Waals surface area (Å²) < 4.78 is 6.03. The average Bonchev–Trinajstić information content (AvgIpc) is 3.28. The Hall–Kier alpha value is -2.87. The van der Waals surface area contributed by atoms with E-state index >= 15 is 0 Å². The van der Waals surface area contributed by atoms with Crippen LogP contribution >= 0.6 is 11.6 Å². The van der Waals surface area contributed by atoms with E-state index in [1.165, 1.54) is 5.56 Å². The van der Waals surface area contributed by atoms with Gasteiger partial charge in [-0.3, -0.25) is 14.5 Å². The van der Waals surface area contributed by atoms with Crippen LogP contribution in [0.5, 0.6) is 5.75 Å². The van der Waals surface area contributed by atoms with Gasteiger partial charge in [0, 0.05) is 69.4 Å². The Labute approximate surface area is 218 Å². The maximum Gasteiger partial charge on any atom is 0.246 e. The zero-order valence-corrected chi connectivity index (χ0v) is 21.6. The van der Waals surface area contributed by atoms with Gasteiger partial charge in [-0.05, 0) is 48.9 Å². The lowest BCUT2D eigenvalue weighted by molar-refractivity contribution is -0.127. The third-order valence-electron chi connectivity index (χ3n) is 6.64. The van der Waals surface area contributed by atoms with Crippen molar-refractivity contribution in [3.05, 3.63) is 70.8 Å².